The molecule has 0 saturated heterocycles. The van der Waals surface area contributed by atoms with Crippen LogP contribution in [-0.4, -0.2) is 26.5 Å². The molecule has 4 heteroatoms. The number of aliphatic hydroxyl groups is 1. The van der Waals surface area contributed by atoms with Crippen molar-refractivity contribution in [2.75, 3.05) is 0 Å². The van der Waals surface area contributed by atoms with Gasteiger partial charge in [0.25, 0.3) is 0 Å². The molecule has 3 N–H and O–H groups in total. The number of hydrogen-bond acceptors (Lipinski definition) is 4. The van der Waals surface area contributed by atoms with Crippen LogP contribution in [-0.2, 0) is 0 Å². The van der Waals surface area contributed by atoms with Gasteiger partial charge in [-0.05, 0) is 19.1 Å². The van der Waals surface area contributed by atoms with Crippen LogP contribution in [0.25, 0.3) is 0 Å². The topological polar surface area (TPSA) is 63.9 Å². The number of hydroxylamine groups is 2. The Morgan fingerprint density at radius 1 is 1.29 bits per heavy atom. The third-order valence-electron chi connectivity index (χ3n) is 0.489. The smallest absolute Gasteiger partial charge is 0.161 e. The van der Waals surface area contributed by atoms with Crippen LogP contribution >= 0.6 is 0 Å². The summed E-state index contributed by atoms with van der Waals surface area (Å²) in [4.78, 5) is 0. The number of rotatable bonds is 1. The van der Waals surface area contributed by atoms with Gasteiger partial charge in [-0.25, -0.2) is 0 Å². The average Bonchev–Trinajstić information content (AvgIpc) is 1.31. The molecule has 0 aromatic rings. The Bertz CT molecular complexity index is 55.7. The Morgan fingerprint density at radius 2 is 1.43 bits per heavy atom. The predicted molar refractivity (Wildman–Crippen MR) is 21.7 cm³/mol. The summed E-state index contributed by atoms with van der Waals surface area (Å²) in [5.74, 6) is 0. The van der Waals surface area contributed by atoms with Crippen molar-refractivity contribution in [1.82, 2.24) is 5.23 Å². The molecular weight excluding hydrogens is 98.0 g/mol. The summed E-state index contributed by atoms with van der Waals surface area (Å²) in [5.41, 5.74) is -1.56. The van der Waals surface area contributed by atoms with E-state index in [2.05, 4.69) is 0 Å². The average molecular weight is 107 g/mol. The monoisotopic (exact) mass is 107 g/mol. The van der Waals surface area contributed by atoms with Crippen LogP contribution in [0.3, 0.4) is 0 Å². The molecule has 0 radical (unpaired) electrons. The lowest BCUT2D eigenvalue weighted by Crippen LogP contribution is -2.38. The van der Waals surface area contributed by atoms with Gasteiger partial charge in [0.2, 0.25) is 0 Å². The highest BCUT2D eigenvalue weighted by atomic mass is 16.8. The maximum atomic E-state index is 8.52. The fraction of sp³-hybridized carbons (Fsp3) is 1.00. The van der Waals surface area contributed by atoms with Crippen LogP contribution in [0.1, 0.15) is 13.8 Å². The van der Waals surface area contributed by atoms with Crippen LogP contribution in [0.4, 0.5) is 0 Å². The van der Waals surface area contributed by atoms with Crippen LogP contribution in [0, 0.1) is 0 Å². The van der Waals surface area contributed by atoms with Crippen molar-refractivity contribution < 1.29 is 15.5 Å². The van der Waals surface area contributed by atoms with Gasteiger partial charge in [-0.3, -0.25) is 10.4 Å². The van der Waals surface area contributed by atoms with E-state index in [0.29, 0.717) is 0 Å². The quantitative estimate of drug-likeness (QED) is 0.320. The first-order valence-corrected chi connectivity index (χ1v) is 1.85. The maximum Gasteiger partial charge on any atom is 0.161 e. The summed E-state index contributed by atoms with van der Waals surface area (Å²) in [6, 6.07) is 0. The van der Waals surface area contributed by atoms with Crippen LogP contribution in [0.15, 0.2) is 0 Å². The largest absolute Gasteiger partial charge is 0.372 e. The van der Waals surface area contributed by atoms with Gasteiger partial charge in [-0.2, -0.15) is 0 Å². The van der Waals surface area contributed by atoms with E-state index >= 15 is 0 Å². The Balaban J connectivity index is 3.54. The Labute approximate surface area is 41.5 Å². The molecule has 0 amide bonds. The predicted octanol–water partition coefficient (Wildman–Crippen LogP) is -0.205. The van der Waals surface area contributed by atoms with E-state index in [1.807, 2.05) is 0 Å². The van der Waals surface area contributed by atoms with E-state index in [-0.39, 0.29) is 5.23 Å². The molecule has 0 bridgehead atoms. The highest BCUT2D eigenvalue weighted by molar-refractivity contribution is 4.49. The molecule has 0 aliphatic carbocycles. The highest BCUT2D eigenvalue weighted by Gasteiger charge is 2.18. The van der Waals surface area contributed by atoms with Crippen LogP contribution < -0.4 is 0 Å². The molecule has 0 atom stereocenters. The van der Waals surface area contributed by atoms with Crippen molar-refractivity contribution in [3.8, 4) is 0 Å². The van der Waals surface area contributed by atoms with Crippen LogP contribution in [0.5, 0.6) is 0 Å². The molecule has 0 spiro atoms. The zero-order chi connectivity index (χ0) is 6.08. The van der Waals surface area contributed by atoms with E-state index < -0.39 is 5.72 Å². The number of hydrogen-bond donors (Lipinski definition) is 3. The van der Waals surface area contributed by atoms with E-state index in [9.17, 15) is 0 Å². The first-order valence-electron chi connectivity index (χ1n) is 1.85. The SMILES string of the molecule is CC(C)(O)N(O)O. The zero-order valence-electron chi connectivity index (χ0n) is 4.29. The van der Waals surface area contributed by atoms with Gasteiger partial charge >= 0.3 is 0 Å². The summed E-state index contributed by atoms with van der Waals surface area (Å²) in [7, 11) is 0. The van der Waals surface area contributed by atoms with E-state index in [0.717, 1.165) is 0 Å². The fourth-order valence-electron chi connectivity index (χ4n) is 0. The molecule has 4 nitrogen and oxygen atoms in total. The van der Waals surface area contributed by atoms with E-state index in [1.54, 1.807) is 0 Å². The lowest BCUT2D eigenvalue weighted by atomic mass is 10.3. The molecule has 0 fully saturated rings. The Hall–Kier alpha value is -0.160. The zero-order valence-corrected chi connectivity index (χ0v) is 4.29. The normalized spacial score (nSPS) is 12.9. The van der Waals surface area contributed by atoms with Crippen LogP contribution in [0.2, 0.25) is 0 Å². The molecule has 0 rings (SSSR count). The minimum Gasteiger partial charge on any atom is -0.372 e. The summed E-state index contributed by atoms with van der Waals surface area (Å²) < 4.78 is 0. The van der Waals surface area contributed by atoms with E-state index in [4.69, 9.17) is 15.5 Å². The molecule has 0 aliphatic rings. The van der Waals surface area contributed by atoms with Gasteiger partial charge in [0, 0.05) is 0 Å². The molecule has 0 heterocycles. The summed E-state index contributed by atoms with van der Waals surface area (Å²) in [5, 5.41) is 24.3. The Morgan fingerprint density at radius 3 is 1.43 bits per heavy atom. The first kappa shape index (κ1) is 6.84. The van der Waals surface area contributed by atoms with Gasteiger partial charge in [-0.15, -0.1) is 0 Å². The van der Waals surface area contributed by atoms with Gasteiger partial charge in [-0.1, -0.05) is 0 Å². The molecule has 0 aromatic carbocycles. The van der Waals surface area contributed by atoms with Crippen molar-refractivity contribution in [2.45, 2.75) is 19.6 Å². The second-order valence-electron chi connectivity index (χ2n) is 1.78. The molecule has 0 saturated carbocycles. The molecule has 0 aliphatic heterocycles. The number of nitrogens with zero attached hydrogens (tertiary/aromatic N) is 1. The third kappa shape index (κ3) is 2.52. The van der Waals surface area contributed by atoms with E-state index in [1.165, 1.54) is 13.8 Å². The highest BCUT2D eigenvalue weighted by Crippen LogP contribution is 2.00. The maximum absolute atomic E-state index is 8.52. The summed E-state index contributed by atoms with van der Waals surface area (Å²) in [6.45, 7) is 2.49. The van der Waals surface area contributed by atoms with Gasteiger partial charge in [0.05, 0.1) is 0 Å². The molecule has 44 valence electrons. The lowest BCUT2D eigenvalue weighted by molar-refractivity contribution is -0.403. The summed E-state index contributed by atoms with van der Waals surface area (Å²) >= 11 is 0. The van der Waals surface area contributed by atoms with Crippen molar-refractivity contribution in [1.29, 1.82) is 0 Å². The molecule has 0 aromatic heterocycles. The van der Waals surface area contributed by atoms with Gasteiger partial charge in [0.1, 0.15) is 0 Å². The molecule has 7 heavy (non-hydrogen) atoms. The minimum absolute atomic E-state index is 0.257. The first-order chi connectivity index (χ1) is 2.94. The van der Waals surface area contributed by atoms with Gasteiger partial charge in [0.15, 0.2) is 5.72 Å². The second kappa shape index (κ2) is 1.75. The standard InChI is InChI=1S/C3H9NO3/c1-3(2,5)4(6)7/h5-7H,1-2H3. The fourth-order valence-corrected chi connectivity index (χ4v) is 0. The van der Waals surface area contributed by atoms with Crippen molar-refractivity contribution in [3.63, 3.8) is 0 Å². The molecule has 0 unspecified atom stereocenters. The lowest BCUT2D eigenvalue weighted by Gasteiger charge is -2.20. The summed E-state index contributed by atoms with van der Waals surface area (Å²) in [6.07, 6.45) is 0. The van der Waals surface area contributed by atoms with Crippen molar-refractivity contribution in [3.05, 3.63) is 0 Å². The Kier molecular flexibility index (Phi) is 1.71. The minimum atomic E-state index is -1.56. The second-order valence-corrected chi connectivity index (χ2v) is 1.78. The van der Waals surface area contributed by atoms with Crippen molar-refractivity contribution in [2.24, 2.45) is 0 Å². The van der Waals surface area contributed by atoms with Gasteiger partial charge < -0.3 is 5.11 Å². The van der Waals surface area contributed by atoms with Crippen molar-refractivity contribution >= 4 is 0 Å². The molecular formula is C3H9NO3. The third-order valence-corrected chi connectivity index (χ3v) is 0.489.